The summed E-state index contributed by atoms with van der Waals surface area (Å²) in [5.41, 5.74) is 2.38. The Morgan fingerprint density at radius 3 is 2.53 bits per heavy atom. The summed E-state index contributed by atoms with van der Waals surface area (Å²) >= 11 is 0. The van der Waals surface area contributed by atoms with Crippen LogP contribution in [0, 0.1) is 0 Å². The first-order valence-electron chi connectivity index (χ1n) is 4.86. The highest BCUT2D eigenvalue weighted by Gasteiger charge is 2.28. The van der Waals surface area contributed by atoms with Crippen LogP contribution in [-0.2, 0) is 0 Å². The van der Waals surface area contributed by atoms with Gasteiger partial charge in [0.15, 0.2) is 0 Å². The number of rotatable bonds is 1. The van der Waals surface area contributed by atoms with Crippen LogP contribution in [-0.4, -0.2) is 22.7 Å². The van der Waals surface area contributed by atoms with E-state index in [-0.39, 0.29) is 6.04 Å². The molecule has 1 aliphatic heterocycles. The molecule has 4 nitrogen and oxygen atoms in total. The Morgan fingerprint density at radius 1 is 1.33 bits per heavy atom. The largest absolute Gasteiger partial charge is 0.411 e. The van der Waals surface area contributed by atoms with Gasteiger partial charge in [-0.2, -0.15) is 5.10 Å². The number of benzene rings is 1. The van der Waals surface area contributed by atoms with Crippen molar-refractivity contribution >= 4 is 17.1 Å². The Morgan fingerprint density at radius 2 is 2.00 bits per heavy atom. The Labute approximate surface area is 88.5 Å². The summed E-state index contributed by atoms with van der Waals surface area (Å²) in [6.07, 6.45) is 0. The van der Waals surface area contributed by atoms with Gasteiger partial charge >= 0.3 is 0 Å². The van der Waals surface area contributed by atoms with Gasteiger partial charge in [0.2, 0.25) is 0 Å². The van der Waals surface area contributed by atoms with Crippen LogP contribution in [0.3, 0.4) is 0 Å². The fourth-order valence-corrected chi connectivity index (χ4v) is 1.74. The first kappa shape index (κ1) is 9.71. The van der Waals surface area contributed by atoms with Gasteiger partial charge in [-0.25, -0.2) is 0 Å². The third-order valence-electron chi connectivity index (χ3n) is 2.52. The van der Waals surface area contributed by atoms with E-state index in [0.29, 0.717) is 5.71 Å². The van der Waals surface area contributed by atoms with Crippen molar-refractivity contribution in [2.75, 3.05) is 5.01 Å². The molecule has 0 fully saturated rings. The molecular formula is C11H13N3O. The van der Waals surface area contributed by atoms with Crippen LogP contribution in [0.25, 0.3) is 0 Å². The lowest BCUT2D eigenvalue weighted by Gasteiger charge is -2.19. The van der Waals surface area contributed by atoms with E-state index in [1.807, 2.05) is 49.2 Å². The maximum Gasteiger partial charge on any atom is 0.127 e. The summed E-state index contributed by atoms with van der Waals surface area (Å²) in [4.78, 5) is 0. The van der Waals surface area contributed by atoms with Crippen molar-refractivity contribution in [2.45, 2.75) is 19.9 Å². The van der Waals surface area contributed by atoms with E-state index >= 15 is 0 Å². The molecule has 0 saturated carbocycles. The molecule has 0 aromatic heterocycles. The van der Waals surface area contributed by atoms with Crippen LogP contribution in [0.15, 0.2) is 40.6 Å². The van der Waals surface area contributed by atoms with E-state index < -0.39 is 0 Å². The molecule has 78 valence electrons. The molecule has 1 aromatic carbocycles. The Balaban J connectivity index is 2.35. The zero-order valence-corrected chi connectivity index (χ0v) is 8.75. The average molecular weight is 203 g/mol. The van der Waals surface area contributed by atoms with Gasteiger partial charge in [-0.1, -0.05) is 23.4 Å². The van der Waals surface area contributed by atoms with Gasteiger partial charge in [0, 0.05) is 0 Å². The summed E-state index contributed by atoms with van der Waals surface area (Å²) in [6.45, 7) is 3.80. The highest BCUT2D eigenvalue weighted by molar-refractivity contribution is 6.45. The zero-order chi connectivity index (χ0) is 10.8. The van der Waals surface area contributed by atoms with Gasteiger partial charge < -0.3 is 5.21 Å². The minimum atomic E-state index is -0.0163. The molecule has 0 radical (unpaired) electrons. The lowest BCUT2D eigenvalue weighted by Crippen LogP contribution is -2.30. The molecule has 0 bridgehead atoms. The number of anilines is 1. The summed E-state index contributed by atoms with van der Waals surface area (Å²) < 4.78 is 0. The van der Waals surface area contributed by atoms with Gasteiger partial charge in [0.1, 0.15) is 5.71 Å². The van der Waals surface area contributed by atoms with E-state index in [1.165, 1.54) is 0 Å². The molecule has 1 heterocycles. The predicted molar refractivity (Wildman–Crippen MR) is 60.7 cm³/mol. The first-order valence-corrected chi connectivity index (χ1v) is 4.86. The molecule has 1 atom stereocenters. The molecule has 0 amide bonds. The van der Waals surface area contributed by atoms with Crippen LogP contribution >= 0.6 is 0 Å². The van der Waals surface area contributed by atoms with Crippen molar-refractivity contribution in [3.63, 3.8) is 0 Å². The number of hydrazone groups is 1. The molecule has 1 N–H and O–H groups in total. The second-order valence-corrected chi connectivity index (χ2v) is 3.53. The van der Waals surface area contributed by atoms with Crippen LogP contribution in [0.2, 0.25) is 0 Å². The SMILES string of the molecule is CC1=NN(c2ccccc2)C(C)/C1=N/O. The molecule has 0 spiro atoms. The number of hydrogen-bond acceptors (Lipinski definition) is 4. The molecule has 0 saturated heterocycles. The molecule has 0 aliphatic carbocycles. The Kier molecular flexibility index (Phi) is 2.41. The normalized spacial score (nSPS) is 23.3. The topological polar surface area (TPSA) is 48.2 Å². The third kappa shape index (κ3) is 1.58. The van der Waals surface area contributed by atoms with Crippen molar-refractivity contribution in [3.8, 4) is 0 Å². The fraction of sp³-hybridized carbons (Fsp3) is 0.273. The van der Waals surface area contributed by atoms with Crippen LogP contribution in [0.1, 0.15) is 13.8 Å². The number of oxime groups is 1. The third-order valence-corrected chi connectivity index (χ3v) is 2.52. The second-order valence-electron chi connectivity index (χ2n) is 3.53. The van der Waals surface area contributed by atoms with Crippen molar-refractivity contribution in [3.05, 3.63) is 30.3 Å². The molecule has 1 aromatic rings. The summed E-state index contributed by atoms with van der Waals surface area (Å²) in [5.74, 6) is 0. The maximum atomic E-state index is 8.85. The molecule has 1 aliphatic rings. The molecular weight excluding hydrogens is 190 g/mol. The molecule has 15 heavy (non-hydrogen) atoms. The zero-order valence-electron chi connectivity index (χ0n) is 8.75. The molecule has 1 unspecified atom stereocenters. The maximum absolute atomic E-state index is 8.85. The molecule has 2 rings (SSSR count). The smallest absolute Gasteiger partial charge is 0.127 e. The Bertz CT molecular complexity index is 411. The van der Waals surface area contributed by atoms with Crippen LogP contribution in [0.4, 0.5) is 5.69 Å². The van der Waals surface area contributed by atoms with Crippen molar-refractivity contribution < 1.29 is 5.21 Å². The average Bonchev–Trinajstić information content (AvgIpc) is 2.55. The van der Waals surface area contributed by atoms with Gasteiger partial charge in [0.25, 0.3) is 0 Å². The monoisotopic (exact) mass is 203 g/mol. The van der Waals surface area contributed by atoms with E-state index in [1.54, 1.807) is 0 Å². The number of nitrogens with zero attached hydrogens (tertiary/aromatic N) is 3. The second kappa shape index (κ2) is 3.73. The lowest BCUT2D eigenvalue weighted by atomic mass is 10.1. The highest BCUT2D eigenvalue weighted by atomic mass is 16.4. The minimum Gasteiger partial charge on any atom is -0.411 e. The van der Waals surface area contributed by atoms with Gasteiger partial charge in [-0.15, -0.1) is 0 Å². The van der Waals surface area contributed by atoms with Crippen molar-refractivity contribution in [1.82, 2.24) is 0 Å². The summed E-state index contributed by atoms with van der Waals surface area (Å²) in [7, 11) is 0. The summed E-state index contributed by atoms with van der Waals surface area (Å²) in [5, 5.41) is 18.3. The van der Waals surface area contributed by atoms with E-state index in [9.17, 15) is 0 Å². The predicted octanol–water partition coefficient (Wildman–Crippen LogP) is 2.10. The highest BCUT2D eigenvalue weighted by Crippen LogP contribution is 2.22. The number of para-hydroxylation sites is 1. The first-order chi connectivity index (χ1) is 7.24. The van der Waals surface area contributed by atoms with E-state index in [2.05, 4.69) is 10.3 Å². The Hall–Kier alpha value is -1.84. The fourth-order valence-electron chi connectivity index (χ4n) is 1.74. The van der Waals surface area contributed by atoms with Gasteiger partial charge in [0.05, 0.1) is 17.4 Å². The van der Waals surface area contributed by atoms with Gasteiger partial charge in [-0.3, -0.25) is 5.01 Å². The van der Waals surface area contributed by atoms with E-state index in [4.69, 9.17) is 5.21 Å². The standard InChI is InChI=1S/C11H13N3O/c1-8-11(13-15)9(2)14(12-8)10-6-4-3-5-7-10/h3-7,9,15H,1-2H3/b13-11+. The van der Waals surface area contributed by atoms with Crippen LogP contribution in [0.5, 0.6) is 0 Å². The van der Waals surface area contributed by atoms with E-state index in [0.717, 1.165) is 11.4 Å². The quantitative estimate of drug-likeness (QED) is 0.561. The van der Waals surface area contributed by atoms with Crippen molar-refractivity contribution in [2.24, 2.45) is 10.3 Å². The lowest BCUT2D eigenvalue weighted by molar-refractivity contribution is 0.318. The van der Waals surface area contributed by atoms with Gasteiger partial charge in [-0.05, 0) is 26.0 Å². The molecule has 4 heteroatoms. The minimum absolute atomic E-state index is 0.0163. The van der Waals surface area contributed by atoms with Crippen molar-refractivity contribution in [1.29, 1.82) is 0 Å². The summed E-state index contributed by atoms with van der Waals surface area (Å²) in [6, 6.07) is 9.82. The number of hydrogen-bond donors (Lipinski definition) is 1. The van der Waals surface area contributed by atoms with Crippen LogP contribution < -0.4 is 5.01 Å².